The Hall–Kier alpha value is -1.04. The van der Waals surface area contributed by atoms with Gasteiger partial charge < -0.3 is 4.90 Å². The van der Waals surface area contributed by atoms with Crippen LogP contribution in [0.15, 0.2) is 0 Å². The zero-order valence-electron chi connectivity index (χ0n) is 11.6. The monoisotopic (exact) mass is 248 g/mol. The Bertz CT molecular complexity index is 356. The summed E-state index contributed by atoms with van der Waals surface area (Å²) in [6.07, 6.45) is 6.54. The van der Waals surface area contributed by atoms with Crippen LogP contribution in [-0.2, 0) is 4.79 Å². The number of likely N-dealkylation sites (tertiary alicyclic amines) is 1. The van der Waals surface area contributed by atoms with E-state index in [0.717, 1.165) is 32.2 Å². The SMILES string of the molecule is CC1(C)CCCCC1C(=O)N1CCCC(C#N)C1. The minimum Gasteiger partial charge on any atom is -0.341 e. The van der Waals surface area contributed by atoms with Gasteiger partial charge >= 0.3 is 0 Å². The number of nitrogens with zero attached hydrogens (tertiary/aromatic N) is 2. The summed E-state index contributed by atoms with van der Waals surface area (Å²) in [6.45, 7) is 5.95. The van der Waals surface area contributed by atoms with E-state index in [1.165, 1.54) is 12.8 Å². The van der Waals surface area contributed by atoms with E-state index in [4.69, 9.17) is 5.26 Å². The lowest BCUT2D eigenvalue weighted by atomic mass is 9.68. The molecular weight excluding hydrogens is 224 g/mol. The minimum absolute atomic E-state index is 0.0504. The molecule has 18 heavy (non-hydrogen) atoms. The number of piperidine rings is 1. The van der Waals surface area contributed by atoms with Crippen molar-refractivity contribution in [2.75, 3.05) is 13.1 Å². The molecule has 100 valence electrons. The molecule has 1 aliphatic carbocycles. The van der Waals surface area contributed by atoms with E-state index in [-0.39, 0.29) is 17.3 Å². The molecule has 3 heteroatoms. The van der Waals surface area contributed by atoms with Gasteiger partial charge in [0.1, 0.15) is 0 Å². The summed E-state index contributed by atoms with van der Waals surface area (Å²) in [7, 11) is 0. The number of carbonyl (C=O) groups excluding carboxylic acids is 1. The Balaban J connectivity index is 2.04. The van der Waals surface area contributed by atoms with Crippen LogP contribution in [-0.4, -0.2) is 23.9 Å². The largest absolute Gasteiger partial charge is 0.341 e. The first-order valence-electron chi connectivity index (χ1n) is 7.23. The molecule has 3 nitrogen and oxygen atoms in total. The van der Waals surface area contributed by atoms with Gasteiger partial charge in [-0.05, 0) is 31.1 Å². The molecule has 0 N–H and O–H groups in total. The molecule has 1 aliphatic heterocycles. The van der Waals surface area contributed by atoms with Gasteiger partial charge in [-0.1, -0.05) is 26.7 Å². The van der Waals surface area contributed by atoms with E-state index in [1.54, 1.807) is 0 Å². The molecule has 0 bridgehead atoms. The van der Waals surface area contributed by atoms with Gasteiger partial charge in [0, 0.05) is 19.0 Å². The fourth-order valence-electron chi connectivity index (χ4n) is 3.45. The highest BCUT2D eigenvalue weighted by Gasteiger charge is 2.40. The van der Waals surface area contributed by atoms with Crippen LogP contribution in [0.3, 0.4) is 0 Å². The number of hydrogen-bond donors (Lipinski definition) is 0. The first-order chi connectivity index (χ1) is 8.54. The van der Waals surface area contributed by atoms with E-state index in [2.05, 4.69) is 19.9 Å². The van der Waals surface area contributed by atoms with E-state index >= 15 is 0 Å². The molecule has 0 aromatic carbocycles. The first kappa shape index (κ1) is 13.4. The number of hydrogen-bond acceptors (Lipinski definition) is 2. The second-order valence-electron chi connectivity index (χ2n) is 6.54. The van der Waals surface area contributed by atoms with Gasteiger partial charge in [0.05, 0.1) is 12.0 Å². The van der Waals surface area contributed by atoms with E-state index in [9.17, 15) is 4.79 Å². The van der Waals surface area contributed by atoms with Crippen LogP contribution in [0.4, 0.5) is 0 Å². The van der Waals surface area contributed by atoms with Crippen LogP contribution < -0.4 is 0 Å². The molecule has 2 aliphatic rings. The van der Waals surface area contributed by atoms with Crippen molar-refractivity contribution in [2.45, 2.75) is 52.4 Å². The summed E-state index contributed by atoms with van der Waals surface area (Å²) >= 11 is 0. The zero-order chi connectivity index (χ0) is 13.2. The standard InChI is InChI=1S/C15H24N2O/c1-15(2)8-4-3-7-13(15)14(18)17-9-5-6-12(10-16)11-17/h12-13H,3-9,11H2,1-2H3. The summed E-state index contributed by atoms with van der Waals surface area (Å²) in [4.78, 5) is 14.6. The third-order valence-corrected chi connectivity index (χ3v) is 4.72. The number of rotatable bonds is 1. The fourth-order valence-corrected chi connectivity index (χ4v) is 3.45. The third-order valence-electron chi connectivity index (χ3n) is 4.72. The van der Waals surface area contributed by atoms with Gasteiger partial charge in [-0.3, -0.25) is 4.79 Å². The lowest BCUT2D eigenvalue weighted by Gasteiger charge is -2.41. The summed E-state index contributed by atoms with van der Waals surface area (Å²) < 4.78 is 0. The Morgan fingerprint density at radius 3 is 2.72 bits per heavy atom. The second kappa shape index (κ2) is 5.30. The molecule has 2 unspecified atom stereocenters. The van der Waals surface area contributed by atoms with Gasteiger partial charge in [0.15, 0.2) is 0 Å². The van der Waals surface area contributed by atoms with Crippen molar-refractivity contribution in [2.24, 2.45) is 17.3 Å². The van der Waals surface area contributed by atoms with E-state index < -0.39 is 0 Å². The smallest absolute Gasteiger partial charge is 0.226 e. The van der Waals surface area contributed by atoms with Crippen molar-refractivity contribution in [3.63, 3.8) is 0 Å². The normalized spacial score (nSPS) is 31.7. The van der Waals surface area contributed by atoms with Gasteiger partial charge in [-0.25, -0.2) is 0 Å². The van der Waals surface area contributed by atoms with E-state index in [0.29, 0.717) is 12.5 Å². The minimum atomic E-state index is 0.0504. The Labute approximate surface area is 110 Å². The topological polar surface area (TPSA) is 44.1 Å². The molecule has 2 rings (SSSR count). The number of amides is 1. The summed E-state index contributed by atoms with van der Waals surface area (Å²) in [6, 6.07) is 2.32. The van der Waals surface area contributed by atoms with Crippen molar-refractivity contribution in [1.82, 2.24) is 4.90 Å². The lowest BCUT2D eigenvalue weighted by molar-refractivity contribution is -0.142. The average Bonchev–Trinajstić information content (AvgIpc) is 2.37. The van der Waals surface area contributed by atoms with Crippen molar-refractivity contribution < 1.29 is 4.79 Å². The van der Waals surface area contributed by atoms with Crippen molar-refractivity contribution in [3.8, 4) is 6.07 Å². The number of nitriles is 1. The highest BCUT2D eigenvalue weighted by atomic mass is 16.2. The maximum Gasteiger partial charge on any atom is 0.226 e. The first-order valence-corrected chi connectivity index (χ1v) is 7.23. The van der Waals surface area contributed by atoms with Gasteiger partial charge in [0.2, 0.25) is 5.91 Å². The van der Waals surface area contributed by atoms with Gasteiger partial charge in [-0.2, -0.15) is 5.26 Å². The van der Waals surface area contributed by atoms with Crippen molar-refractivity contribution in [3.05, 3.63) is 0 Å². The molecule has 0 aromatic heterocycles. The molecule has 0 spiro atoms. The molecule has 1 amide bonds. The van der Waals surface area contributed by atoms with Gasteiger partial charge in [0.25, 0.3) is 0 Å². The summed E-state index contributed by atoms with van der Waals surface area (Å²) in [5, 5.41) is 9.02. The van der Waals surface area contributed by atoms with Crippen molar-refractivity contribution in [1.29, 1.82) is 5.26 Å². The molecule has 1 heterocycles. The number of carbonyl (C=O) groups is 1. The average molecular weight is 248 g/mol. The van der Waals surface area contributed by atoms with Crippen LogP contribution in [0, 0.1) is 28.6 Å². The highest BCUT2D eigenvalue weighted by molar-refractivity contribution is 5.80. The molecule has 1 saturated carbocycles. The molecule has 0 radical (unpaired) electrons. The van der Waals surface area contributed by atoms with Crippen LogP contribution in [0.5, 0.6) is 0 Å². The van der Waals surface area contributed by atoms with E-state index in [1.807, 2.05) is 4.90 Å². The van der Waals surface area contributed by atoms with Crippen LogP contribution >= 0.6 is 0 Å². The zero-order valence-corrected chi connectivity index (χ0v) is 11.6. The van der Waals surface area contributed by atoms with Crippen molar-refractivity contribution >= 4 is 5.91 Å². The molecule has 0 aromatic rings. The predicted octanol–water partition coefficient (Wildman–Crippen LogP) is 2.96. The maximum atomic E-state index is 12.6. The van der Waals surface area contributed by atoms with Crippen LogP contribution in [0.1, 0.15) is 52.4 Å². The second-order valence-corrected chi connectivity index (χ2v) is 6.54. The molecule has 2 fully saturated rings. The Morgan fingerprint density at radius 1 is 1.28 bits per heavy atom. The molecular formula is C15H24N2O. The highest BCUT2D eigenvalue weighted by Crippen LogP contribution is 2.41. The van der Waals surface area contributed by atoms with Crippen LogP contribution in [0.25, 0.3) is 0 Å². The lowest BCUT2D eigenvalue weighted by Crippen LogP contribution is -2.47. The fraction of sp³-hybridized carbons (Fsp3) is 0.867. The third kappa shape index (κ3) is 2.68. The Kier molecular flexibility index (Phi) is 3.94. The predicted molar refractivity (Wildman–Crippen MR) is 70.7 cm³/mol. The van der Waals surface area contributed by atoms with Gasteiger partial charge in [-0.15, -0.1) is 0 Å². The van der Waals surface area contributed by atoms with Crippen LogP contribution in [0.2, 0.25) is 0 Å². The summed E-state index contributed by atoms with van der Waals surface area (Å²) in [5.74, 6) is 0.526. The quantitative estimate of drug-likeness (QED) is 0.716. The molecule has 1 saturated heterocycles. The summed E-state index contributed by atoms with van der Waals surface area (Å²) in [5.41, 5.74) is 0.134. The maximum absolute atomic E-state index is 12.6. The molecule has 2 atom stereocenters. The Morgan fingerprint density at radius 2 is 2.06 bits per heavy atom.